The normalized spacial score (nSPS) is 9.86. The maximum absolute atomic E-state index is 12.2. The summed E-state index contributed by atoms with van der Waals surface area (Å²) in [5, 5.41) is 2.81. The van der Waals surface area contributed by atoms with Crippen molar-refractivity contribution in [1.29, 1.82) is 0 Å². The molecular weight excluding hydrogens is 270 g/mol. The fourth-order valence-corrected chi connectivity index (χ4v) is 1.88. The Balaban J connectivity index is 2.19. The summed E-state index contributed by atoms with van der Waals surface area (Å²) >= 11 is 0. The molecule has 0 unspecified atom stereocenters. The standard InChI is InChI=1S/C16H17NO4/c1-19-13-6-4-5-11(9-13)16(18)17-12-7-8-14(20-2)15(10-12)21-3/h4-10H,1-3H3,(H,17,18). The van der Waals surface area contributed by atoms with Crippen LogP contribution >= 0.6 is 0 Å². The Morgan fingerprint density at radius 1 is 0.905 bits per heavy atom. The van der Waals surface area contributed by atoms with Crippen LogP contribution < -0.4 is 19.5 Å². The van der Waals surface area contributed by atoms with Crippen LogP contribution in [0.2, 0.25) is 0 Å². The number of nitrogens with one attached hydrogen (secondary N) is 1. The highest BCUT2D eigenvalue weighted by Crippen LogP contribution is 2.30. The Hall–Kier alpha value is -2.69. The van der Waals surface area contributed by atoms with E-state index >= 15 is 0 Å². The van der Waals surface area contributed by atoms with Gasteiger partial charge in [-0.15, -0.1) is 0 Å². The van der Waals surface area contributed by atoms with Gasteiger partial charge in [0.15, 0.2) is 11.5 Å². The number of hydrogen-bond donors (Lipinski definition) is 1. The van der Waals surface area contributed by atoms with Gasteiger partial charge in [0.05, 0.1) is 21.3 Å². The van der Waals surface area contributed by atoms with E-state index in [0.717, 1.165) is 0 Å². The van der Waals surface area contributed by atoms with E-state index in [-0.39, 0.29) is 5.91 Å². The second-order valence-electron chi connectivity index (χ2n) is 4.26. The molecule has 1 amide bonds. The van der Waals surface area contributed by atoms with Crippen LogP contribution in [0.3, 0.4) is 0 Å². The summed E-state index contributed by atoms with van der Waals surface area (Å²) in [4.78, 5) is 12.2. The molecule has 5 heteroatoms. The lowest BCUT2D eigenvalue weighted by Gasteiger charge is -2.11. The van der Waals surface area contributed by atoms with Crippen LogP contribution in [0.25, 0.3) is 0 Å². The van der Waals surface area contributed by atoms with E-state index in [1.54, 1.807) is 63.8 Å². The summed E-state index contributed by atoms with van der Waals surface area (Å²) < 4.78 is 15.5. The highest BCUT2D eigenvalue weighted by molar-refractivity contribution is 6.04. The molecule has 0 radical (unpaired) electrons. The third kappa shape index (κ3) is 3.45. The molecule has 1 N–H and O–H groups in total. The first kappa shape index (κ1) is 14.7. The lowest BCUT2D eigenvalue weighted by Crippen LogP contribution is -2.12. The first-order chi connectivity index (χ1) is 10.2. The Kier molecular flexibility index (Phi) is 4.66. The average Bonchev–Trinajstić information content (AvgIpc) is 2.54. The fourth-order valence-electron chi connectivity index (χ4n) is 1.88. The van der Waals surface area contributed by atoms with E-state index in [0.29, 0.717) is 28.5 Å². The van der Waals surface area contributed by atoms with Crippen molar-refractivity contribution < 1.29 is 19.0 Å². The molecular formula is C16H17NO4. The maximum Gasteiger partial charge on any atom is 0.255 e. The van der Waals surface area contributed by atoms with Gasteiger partial charge in [-0.2, -0.15) is 0 Å². The lowest BCUT2D eigenvalue weighted by atomic mass is 10.2. The van der Waals surface area contributed by atoms with Crippen LogP contribution in [0.5, 0.6) is 17.2 Å². The predicted molar refractivity (Wildman–Crippen MR) is 80.5 cm³/mol. The van der Waals surface area contributed by atoms with Gasteiger partial charge in [0.2, 0.25) is 0 Å². The number of anilines is 1. The third-order valence-electron chi connectivity index (χ3n) is 2.97. The zero-order chi connectivity index (χ0) is 15.2. The van der Waals surface area contributed by atoms with E-state index in [2.05, 4.69) is 5.32 Å². The molecule has 0 aromatic heterocycles. The first-order valence-electron chi connectivity index (χ1n) is 6.35. The number of methoxy groups -OCH3 is 3. The zero-order valence-electron chi connectivity index (χ0n) is 12.2. The summed E-state index contributed by atoms with van der Waals surface area (Å²) in [7, 11) is 4.67. The lowest BCUT2D eigenvalue weighted by molar-refractivity contribution is 0.102. The van der Waals surface area contributed by atoms with Crippen LogP contribution in [0.15, 0.2) is 42.5 Å². The number of benzene rings is 2. The van der Waals surface area contributed by atoms with Crippen molar-refractivity contribution >= 4 is 11.6 Å². The Labute approximate surface area is 123 Å². The minimum atomic E-state index is -0.221. The molecule has 0 saturated heterocycles. The highest BCUT2D eigenvalue weighted by atomic mass is 16.5. The van der Waals surface area contributed by atoms with Crippen molar-refractivity contribution in [2.75, 3.05) is 26.6 Å². The molecule has 0 aliphatic rings. The second kappa shape index (κ2) is 6.65. The van der Waals surface area contributed by atoms with Gasteiger partial charge < -0.3 is 19.5 Å². The van der Waals surface area contributed by atoms with E-state index in [1.165, 1.54) is 0 Å². The molecule has 2 aromatic rings. The molecule has 5 nitrogen and oxygen atoms in total. The number of ether oxygens (including phenoxy) is 3. The molecule has 21 heavy (non-hydrogen) atoms. The predicted octanol–water partition coefficient (Wildman–Crippen LogP) is 2.96. The molecule has 2 aromatic carbocycles. The quantitative estimate of drug-likeness (QED) is 0.918. The number of rotatable bonds is 5. The molecule has 0 fully saturated rings. The monoisotopic (exact) mass is 287 g/mol. The zero-order valence-corrected chi connectivity index (χ0v) is 12.2. The second-order valence-corrected chi connectivity index (χ2v) is 4.26. The molecule has 0 heterocycles. The first-order valence-corrected chi connectivity index (χ1v) is 6.35. The molecule has 0 saturated carbocycles. The number of carbonyl (C=O) groups is 1. The number of carbonyl (C=O) groups excluding carboxylic acids is 1. The third-order valence-corrected chi connectivity index (χ3v) is 2.97. The van der Waals surface area contributed by atoms with Crippen LogP contribution in [0, 0.1) is 0 Å². The topological polar surface area (TPSA) is 56.8 Å². The van der Waals surface area contributed by atoms with Gasteiger partial charge in [0.1, 0.15) is 5.75 Å². The van der Waals surface area contributed by atoms with Gasteiger partial charge in [0, 0.05) is 17.3 Å². The smallest absolute Gasteiger partial charge is 0.255 e. The molecule has 110 valence electrons. The van der Waals surface area contributed by atoms with Gasteiger partial charge in [0.25, 0.3) is 5.91 Å². The molecule has 0 spiro atoms. The van der Waals surface area contributed by atoms with E-state index in [1.807, 2.05) is 0 Å². The van der Waals surface area contributed by atoms with Crippen LogP contribution in [-0.4, -0.2) is 27.2 Å². The van der Waals surface area contributed by atoms with Gasteiger partial charge in [-0.05, 0) is 30.3 Å². The minimum Gasteiger partial charge on any atom is -0.497 e. The largest absolute Gasteiger partial charge is 0.497 e. The Bertz CT molecular complexity index is 640. The summed E-state index contributed by atoms with van der Waals surface area (Å²) in [6.45, 7) is 0. The Morgan fingerprint density at radius 2 is 1.67 bits per heavy atom. The van der Waals surface area contributed by atoms with Crippen molar-refractivity contribution in [1.82, 2.24) is 0 Å². The average molecular weight is 287 g/mol. The van der Waals surface area contributed by atoms with Gasteiger partial charge >= 0.3 is 0 Å². The van der Waals surface area contributed by atoms with Gasteiger partial charge in [-0.25, -0.2) is 0 Å². The summed E-state index contributed by atoms with van der Waals surface area (Å²) in [5.41, 5.74) is 1.14. The fraction of sp³-hybridized carbons (Fsp3) is 0.188. The van der Waals surface area contributed by atoms with Gasteiger partial charge in [-0.1, -0.05) is 6.07 Å². The summed E-state index contributed by atoms with van der Waals surface area (Å²) in [6, 6.07) is 12.1. The molecule has 0 aliphatic heterocycles. The number of amides is 1. The maximum atomic E-state index is 12.2. The minimum absolute atomic E-state index is 0.221. The molecule has 2 rings (SSSR count). The van der Waals surface area contributed by atoms with Gasteiger partial charge in [-0.3, -0.25) is 4.79 Å². The Morgan fingerprint density at radius 3 is 2.33 bits per heavy atom. The van der Waals surface area contributed by atoms with Crippen molar-refractivity contribution in [2.45, 2.75) is 0 Å². The van der Waals surface area contributed by atoms with Crippen molar-refractivity contribution in [3.63, 3.8) is 0 Å². The molecule has 0 bridgehead atoms. The van der Waals surface area contributed by atoms with E-state index < -0.39 is 0 Å². The van der Waals surface area contributed by atoms with E-state index in [4.69, 9.17) is 14.2 Å². The van der Waals surface area contributed by atoms with Crippen LogP contribution in [-0.2, 0) is 0 Å². The van der Waals surface area contributed by atoms with Crippen molar-refractivity contribution in [3.8, 4) is 17.2 Å². The van der Waals surface area contributed by atoms with Crippen LogP contribution in [0.4, 0.5) is 5.69 Å². The van der Waals surface area contributed by atoms with E-state index in [9.17, 15) is 4.79 Å². The summed E-state index contributed by atoms with van der Waals surface area (Å²) in [5.74, 6) is 1.58. The van der Waals surface area contributed by atoms with Crippen molar-refractivity contribution in [3.05, 3.63) is 48.0 Å². The summed E-state index contributed by atoms with van der Waals surface area (Å²) in [6.07, 6.45) is 0. The van der Waals surface area contributed by atoms with Crippen LogP contribution in [0.1, 0.15) is 10.4 Å². The SMILES string of the molecule is COc1cccc(C(=O)Nc2ccc(OC)c(OC)c2)c1. The molecule has 0 aliphatic carbocycles. The highest BCUT2D eigenvalue weighted by Gasteiger charge is 2.09. The molecule has 0 atom stereocenters. The van der Waals surface area contributed by atoms with Crippen molar-refractivity contribution in [2.24, 2.45) is 0 Å². The number of hydrogen-bond acceptors (Lipinski definition) is 4.